The molecule has 3 aliphatic rings. The van der Waals surface area contributed by atoms with Crippen LogP contribution in [0.3, 0.4) is 0 Å². The van der Waals surface area contributed by atoms with Crippen LogP contribution in [0.25, 0.3) is 0 Å². The van der Waals surface area contributed by atoms with Gasteiger partial charge in [0, 0.05) is 12.1 Å². The van der Waals surface area contributed by atoms with E-state index in [-0.39, 0.29) is 29.4 Å². The Morgan fingerprint density at radius 3 is 2.58 bits per heavy atom. The van der Waals surface area contributed by atoms with Crippen LogP contribution in [0.4, 0.5) is 14.9 Å². The lowest BCUT2D eigenvalue weighted by Crippen LogP contribution is -2.37. The SMILES string of the molecule is C=C(C)C1(F)CCOc2c(S(=O)NC(=O)Nc3c4c(cc5c3CCC5)CCC4)cnn21. The third-order valence-electron chi connectivity index (χ3n) is 6.45. The van der Waals surface area contributed by atoms with Crippen molar-refractivity contribution in [3.8, 4) is 5.88 Å². The van der Waals surface area contributed by atoms with Crippen LogP contribution < -0.4 is 14.8 Å². The van der Waals surface area contributed by atoms with Crippen LogP contribution in [-0.2, 0) is 42.5 Å². The minimum atomic E-state index is -1.96. The first-order valence-corrected chi connectivity index (χ1v) is 11.8. The third kappa shape index (κ3) is 3.26. The predicted molar refractivity (Wildman–Crippen MR) is 115 cm³/mol. The number of rotatable bonds is 4. The maximum Gasteiger partial charge on any atom is 0.331 e. The quantitative estimate of drug-likeness (QED) is 0.705. The zero-order chi connectivity index (χ0) is 21.8. The van der Waals surface area contributed by atoms with Gasteiger partial charge in [-0.1, -0.05) is 12.6 Å². The summed E-state index contributed by atoms with van der Waals surface area (Å²) in [5, 5.41) is 6.98. The molecule has 2 unspecified atom stereocenters. The third-order valence-corrected chi connectivity index (χ3v) is 7.50. The zero-order valence-corrected chi connectivity index (χ0v) is 18.2. The number of amides is 2. The van der Waals surface area contributed by atoms with Crippen molar-refractivity contribution in [3.63, 3.8) is 0 Å². The largest absolute Gasteiger partial charge is 0.477 e. The number of carbonyl (C=O) groups excluding carboxylic acids is 1. The van der Waals surface area contributed by atoms with E-state index >= 15 is 4.39 Å². The van der Waals surface area contributed by atoms with E-state index in [9.17, 15) is 9.00 Å². The molecule has 2 N–H and O–H groups in total. The molecule has 2 atom stereocenters. The lowest BCUT2D eigenvalue weighted by Gasteiger charge is -2.31. The smallest absolute Gasteiger partial charge is 0.331 e. The van der Waals surface area contributed by atoms with E-state index in [1.54, 1.807) is 6.92 Å². The molecule has 0 saturated heterocycles. The number of hydrogen-bond donors (Lipinski definition) is 2. The maximum absolute atomic E-state index is 15.3. The number of nitrogens with zero attached hydrogens (tertiary/aromatic N) is 2. The van der Waals surface area contributed by atoms with Gasteiger partial charge in [0.15, 0.2) is 11.0 Å². The number of anilines is 1. The number of allylic oxidation sites excluding steroid dienone is 1. The van der Waals surface area contributed by atoms with Crippen LogP contribution in [0.15, 0.2) is 29.3 Å². The molecule has 2 aliphatic carbocycles. The average molecular weight is 445 g/mol. The topological polar surface area (TPSA) is 85.2 Å². The van der Waals surface area contributed by atoms with Crippen molar-refractivity contribution < 1.29 is 18.1 Å². The second kappa shape index (κ2) is 7.47. The lowest BCUT2D eigenvalue weighted by molar-refractivity contribution is 0.0222. The van der Waals surface area contributed by atoms with Crippen molar-refractivity contribution in [2.45, 2.75) is 62.6 Å². The van der Waals surface area contributed by atoms with E-state index < -0.39 is 22.8 Å². The van der Waals surface area contributed by atoms with Crippen LogP contribution in [0, 0.1) is 0 Å². The molecule has 1 aromatic carbocycles. The molecule has 7 nitrogen and oxygen atoms in total. The molecular weight excluding hydrogens is 419 g/mol. The Kier molecular flexibility index (Phi) is 4.88. The van der Waals surface area contributed by atoms with Gasteiger partial charge in [-0.05, 0) is 73.3 Å². The van der Waals surface area contributed by atoms with E-state index in [1.165, 1.54) is 28.5 Å². The monoisotopic (exact) mass is 444 g/mol. The Balaban J connectivity index is 1.37. The number of nitrogens with one attached hydrogen (secondary N) is 2. The van der Waals surface area contributed by atoms with Gasteiger partial charge in [0.1, 0.15) is 4.90 Å². The van der Waals surface area contributed by atoms with Crippen LogP contribution in [0.1, 0.15) is 48.4 Å². The van der Waals surface area contributed by atoms with E-state index in [4.69, 9.17) is 4.74 Å². The summed E-state index contributed by atoms with van der Waals surface area (Å²) in [7, 11) is -1.96. The molecule has 2 aromatic rings. The molecular formula is C22H25FN4O3S. The lowest BCUT2D eigenvalue weighted by atomic mass is 9.99. The number of alkyl halides is 1. The number of fused-ring (bicyclic) bond motifs is 3. The highest BCUT2D eigenvalue weighted by Gasteiger charge is 2.41. The van der Waals surface area contributed by atoms with E-state index in [0.717, 1.165) is 48.9 Å². The van der Waals surface area contributed by atoms with Gasteiger partial charge in [-0.2, -0.15) is 9.78 Å². The number of halogens is 1. The van der Waals surface area contributed by atoms with Crippen molar-refractivity contribution in [2.75, 3.05) is 11.9 Å². The van der Waals surface area contributed by atoms with E-state index in [0.29, 0.717) is 0 Å². The van der Waals surface area contributed by atoms with E-state index in [1.807, 2.05) is 0 Å². The average Bonchev–Trinajstić information content (AvgIpc) is 3.47. The van der Waals surface area contributed by atoms with Crippen LogP contribution in [-0.4, -0.2) is 26.6 Å². The molecule has 5 rings (SSSR count). The summed E-state index contributed by atoms with van der Waals surface area (Å²) in [5.74, 6) is -1.85. The van der Waals surface area contributed by atoms with Gasteiger partial charge in [0.2, 0.25) is 11.7 Å². The summed E-state index contributed by atoms with van der Waals surface area (Å²) in [6, 6.07) is 1.72. The Hall–Kier alpha value is -2.68. The first-order valence-electron chi connectivity index (χ1n) is 10.6. The first-order chi connectivity index (χ1) is 14.9. The number of hydrogen-bond acceptors (Lipinski definition) is 4. The molecule has 0 bridgehead atoms. The van der Waals surface area contributed by atoms with Gasteiger partial charge in [-0.3, -0.25) is 4.72 Å². The Morgan fingerprint density at radius 1 is 1.26 bits per heavy atom. The van der Waals surface area contributed by atoms with Crippen LogP contribution >= 0.6 is 0 Å². The second-order valence-electron chi connectivity index (χ2n) is 8.42. The highest BCUT2D eigenvalue weighted by atomic mass is 32.2. The molecule has 31 heavy (non-hydrogen) atoms. The number of benzene rings is 1. The summed E-state index contributed by atoms with van der Waals surface area (Å²) >= 11 is 0. The molecule has 164 valence electrons. The second-order valence-corrected chi connectivity index (χ2v) is 9.60. The highest BCUT2D eigenvalue weighted by molar-refractivity contribution is 7.83. The summed E-state index contributed by atoms with van der Waals surface area (Å²) < 4.78 is 37.2. The normalized spacial score (nSPS) is 22.1. The molecule has 2 heterocycles. The van der Waals surface area contributed by atoms with Crippen molar-refractivity contribution in [3.05, 3.63) is 46.7 Å². The molecule has 9 heteroatoms. The molecule has 0 fully saturated rings. The fraction of sp³-hybridized carbons (Fsp3) is 0.455. The number of carbonyl (C=O) groups is 1. The zero-order valence-electron chi connectivity index (χ0n) is 17.4. The van der Waals surface area contributed by atoms with Gasteiger partial charge in [-0.15, -0.1) is 0 Å². The molecule has 0 spiro atoms. The summed E-state index contributed by atoms with van der Waals surface area (Å²) in [5.41, 5.74) is 6.14. The van der Waals surface area contributed by atoms with Gasteiger partial charge in [0.05, 0.1) is 12.8 Å². The minimum Gasteiger partial charge on any atom is -0.477 e. The number of aryl methyl sites for hydroxylation is 2. The summed E-state index contributed by atoms with van der Waals surface area (Å²) in [6.07, 6.45) is 7.42. The fourth-order valence-electron chi connectivity index (χ4n) is 4.86. The predicted octanol–water partition coefficient (Wildman–Crippen LogP) is 3.69. The van der Waals surface area contributed by atoms with Crippen LogP contribution in [0.5, 0.6) is 5.88 Å². The van der Waals surface area contributed by atoms with Crippen molar-refractivity contribution in [1.29, 1.82) is 0 Å². The minimum absolute atomic E-state index is 0.0527. The van der Waals surface area contributed by atoms with E-state index in [2.05, 4.69) is 27.8 Å². The Morgan fingerprint density at radius 2 is 1.94 bits per heavy atom. The number of urea groups is 1. The van der Waals surface area contributed by atoms with Crippen molar-refractivity contribution in [2.24, 2.45) is 0 Å². The van der Waals surface area contributed by atoms with Crippen molar-refractivity contribution >= 4 is 22.7 Å². The number of aromatic nitrogens is 2. The van der Waals surface area contributed by atoms with Crippen molar-refractivity contribution in [1.82, 2.24) is 14.5 Å². The van der Waals surface area contributed by atoms with Gasteiger partial charge < -0.3 is 10.1 Å². The maximum atomic E-state index is 15.3. The Labute approximate surface area is 182 Å². The first kappa shape index (κ1) is 20.2. The summed E-state index contributed by atoms with van der Waals surface area (Å²) in [6.45, 7) is 5.39. The van der Waals surface area contributed by atoms with Gasteiger partial charge in [-0.25, -0.2) is 13.4 Å². The summed E-state index contributed by atoms with van der Waals surface area (Å²) in [4.78, 5) is 12.9. The standard InChI is InChI=1S/C22H25FN4O3S/c1-13(2)22(23)9-10-30-20-18(12-24-27(20)22)31(29)26-21(28)25-19-16-7-3-5-14(16)11-15-6-4-8-17(15)19/h11-12H,1,3-10H2,2H3,(H2,25,26,28). The molecule has 1 aliphatic heterocycles. The fourth-order valence-corrected chi connectivity index (χ4v) is 5.64. The Bertz CT molecular complexity index is 1100. The highest BCUT2D eigenvalue weighted by Crippen LogP contribution is 2.40. The van der Waals surface area contributed by atoms with Crippen LogP contribution in [0.2, 0.25) is 0 Å². The number of ether oxygens (including phenoxy) is 1. The molecule has 0 radical (unpaired) electrons. The molecule has 2 amide bonds. The van der Waals surface area contributed by atoms with Gasteiger partial charge in [0.25, 0.3) is 0 Å². The molecule has 1 aromatic heterocycles. The molecule has 0 saturated carbocycles. The van der Waals surface area contributed by atoms with Gasteiger partial charge >= 0.3 is 6.03 Å².